The van der Waals surface area contributed by atoms with Crippen molar-refractivity contribution in [2.75, 3.05) is 26.2 Å². The molecule has 2 unspecified atom stereocenters. The maximum Gasteiger partial charge on any atom is 0.490 e. The van der Waals surface area contributed by atoms with E-state index >= 15 is 0 Å². The second-order valence-electron chi connectivity index (χ2n) is 9.99. The number of ether oxygens (including phenoxy) is 1. The summed E-state index contributed by atoms with van der Waals surface area (Å²) < 4.78 is 133. The lowest BCUT2D eigenvalue weighted by Gasteiger charge is -2.37. The number of carboxylic acids is 4. The number of pyridine rings is 2. The van der Waals surface area contributed by atoms with Crippen LogP contribution in [-0.4, -0.2) is 127 Å². The van der Waals surface area contributed by atoms with Gasteiger partial charge >= 0.3 is 48.6 Å². The lowest BCUT2D eigenvalue weighted by Crippen LogP contribution is -2.49. The zero-order valence-electron chi connectivity index (χ0n) is 25.9. The van der Waals surface area contributed by atoms with Gasteiger partial charge in [-0.25, -0.2) is 19.2 Å². The van der Waals surface area contributed by atoms with Crippen molar-refractivity contribution < 1.29 is 97.0 Å². The Labute approximate surface area is 284 Å². The molecule has 2 aromatic heterocycles. The van der Waals surface area contributed by atoms with Gasteiger partial charge in [-0.3, -0.25) is 19.8 Å². The van der Waals surface area contributed by atoms with Gasteiger partial charge in [0.2, 0.25) is 0 Å². The fourth-order valence-corrected chi connectivity index (χ4v) is 3.77. The van der Waals surface area contributed by atoms with Gasteiger partial charge in [0.05, 0.1) is 12.7 Å². The summed E-state index contributed by atoms with van der Waals surface area (Å²) in [5.74, 6) is -11.0. The number of fused-ring (bicyclic) bond motifs is 1. The number of carboxylic acid groups (broad SMARTS) is 4. The number of rotatable bonds is 5. The van der Waals surface area contributed by atoms with Crippen LogP contribution in [0.4, 0.5) is 52.7 Å². The minimum Gasteiger partial charge on any atom is -0.475 e. The topological polar surface area (TPSA) is 191 Å². The van der Waals surface area contributed by atoms with Crippen LogP contribution in [0.1, 0.15) is 17.5 Å². The van der Waals surface area contributed by atoms with Crippen LogP contribution in [0.2, 0.25) is 0 Å². The summed E-state index contributed by atoms with van der Waals surface area (Å²) in [7, 11) is 0. The number of nitrogens with zero attached hydrogens (tertiary/aromatic N) is 4. The molecule has 52 heavy (non-hydrogen) atoms. The molecule has 2 aliphatic rings. The molecular formula is C27H28F12N4O9. The first-order valence-electron chi connectivity index (χ1n) is 13.7. The van der Waals surface area contributed by atoms with Crippen molar-refractivity contribution in [3.05, 3.63) is 60.2 Å². The average molecular weight is 781 g/mol. The number of halogens is 12. The van der Waals surface area contributed by atoms with Gasteiger partial charge in [0.25, 0.3) is 0 Å². The third-order valence-electron chi connectivity index (χ3n) is 5.97. The van der Waals surface area contributed by atoms with Gasteiger partial charge in [0.1, 0.15) is 0 Å². The molecule has 0 spiro atoms. The lowest BCUT2D eigenvalue weighted by molar-refractivity contribution is -0.193. The quantitative estimate of drug-likeness (QED) is 0.311. The number of hydrogen-bond acceptors (Lipinski definition) is 9. The van der Waals surface area contributed by atoms with Crippen molar-refractivity contribution >= 4 is 23.9 Å². The molecule has 0 bridgehead atoms. The highest BCUT2D eigenvalue weighted by Gasteiger charge is 2.40. The molecule has 2 saturated heterocycles. The zero-order chi connectivity index (χ0) is 40.5. The van der Waals surface area contributed by atoms with E-state index in [4.69, 9.17) is 44.3 Å². The monoisotopic (exact) mass is 780 g/mol. The second-order valence-corrected chi connectivity index (χ2v) is 9.99. The van der Waals surface area contributed by atoms with Gasteiger partial charge < -0.3 is 25.2 Å². The number of piperazine rings is 1. The Morgan fingerprint density at radius 1 is 0.654 bits per heavy atom. The van der Waals surface area contributed by atoms with Gasteiger partial charge in [-0.15, -0.1) is 0 Å². The first-order chi connectivity index (χ1) is 23.6. The first kappa shape index (κ1) is 47.2. The highest BCUT2D eigenvalue weighted by atomic mass is 19.4. The van der Waals surface area contributed by atoms with Crippen LogP contribution in [0, 0.1) is 0 Å². The third kappa shape index (κ3) is 20.8. The van der Waals surface area contributed by atoms with Gasteiger partial charge in [0, 0.05) is 63.6 Å². The van der Waals surface area contributed by atoms with Gasteiger partial charge in [0.15, 0.2) is 0 Å². The number of aliphatic carboxylic acids is 4. The van der Waals surface area contributed by atoms with E-state index < -0.39 is 48.6 Å². The minimum atomic E-state index is -5.08. The first-order valence-corrected chi connectivity index (χ1v) is 13.7. The number of hydrogen-bond donors (Lipinski definition) is 4. The molecule has 4 heterocycles. The summed E-state index contributed by atoms with van der Waals surface area (Å²) >= 11 is 0. The summed E-state index contributed by atoms with van der Waals surface area (Å²) in [6, 6.07) is 8.84. The number of alkyl halides is 12. The molecule has 25 heteroatoms. The minimum absolute atomic E-state index is 0.341. The van der Waals surface area contributed by atoms with Crippen LogP contribution >= 0.6 is 0 Å². The van der Waals surface area contributed by atoms with Crippen molar-refractivity contribution in [1.82, 2.24) is 19.8 Å². The summed E-state index contributed by atoms with van der Waals surface area (Å²) in [5, 5.41) is 28.5. The van der Waals surface area contributed by atoms with E-state index in [-0.39, 0.29) is 0 Å². The van der Waals surface area contributed by atoms with Gasteiger partial charge in [-0.05, 0) is 29.7 Å². The van der Waals surface area contributed by atoms with Crippen LogP contribution in [-0.2, 0) is 37.1 Å². The van der Waals surface area contributed by atoms with Crippen molar-refractivity contribution in [3.63, 3.8) is 0 Å². The molecule has 0 amide bonds. The highest BCUT2D eigenvalue weighted by Crippen LogP contribution is 2.25. The maximum absolute atomic E-state index is 10.6. The van der Waals surface area contributed by atoms with Crippen LogP contribution < -0.4 is 0 Å². The zero-order valence-corrected chi connectivity index (χ0v) is 25.9. The standard InChI is InChI=1S/C19H24N4O.4C2HF3O2/c1-3-16(10-20-5-1)12-22-7-8-23-14-19(9-18(23)13-22)24-15-17-4-2-6-21-11-17;4*3-2(4,5)1(6)7/h1-6,10-11,18-19H,7-9,12-15H2;4*(H,6,7). The van der Waals surface area contributed by atoms with E-state index in [1.54, 1.807) is 6.20 Å². The molecule has 0 aromatic carbocycles. The van der Waals surface area contributed by atoms with Crippen molar-refractivity contribution in [3.8, 4) is 0 Å². The van der Waals surface area contributed by atoms with E-state index in [2.05, 4.69) is 31.9 Å². The van der Waals surface area contributed by atoms with Crippen LogP contribution in [0.5, 0.6) is 0 Å². The summed E-state index contributed by atoms with van der Waals surface area (Å²) in [6.45, 7) is 6.11. The molecule has 4 rings (SSSR count). The van der Waals surface area contributed by atoms with E-state index in [0.29, 0.717) is 18.8 Å². The maximum atomic E-state index is 10.6. The second kappa shape index (κ2) is 20.9. The fraction of sp³-hybridized carbons (Fsp3) is 0.481. The molecule has 2 aliphatic heterocycles. The number of aromatic nitrogens is 2. The van der Waals surface area contributed by atoms with Gasteiger partial charge in [-0.1, -0.05) is 12.1 Å². The van der Waals surface area contributed by atoms with E-state index in [0.717, 1.165) is 44.7 Å². The molecule has 0 aliphatic carbocycles. The average Bonchev–Trinajstić information content (AvgIpc) is 3.43. The molecule has 0 radical (unpaired) electrons. The van der Waals surface area contributed by atoms with E-state index in [1.165, 1.54) is 5.56 Å². The van der Waals surface area contributed by atoms with Crippen molar-refractivity contribution in [2.24, 2.45) is 0 Å². The Hall–Kier alpha value is -4.78. The van der Waals surface area contributed by atoms with Crippen LogP contribution in [0.25, 0.3) is 0 Å². The number of carbonyl (C=O) groups is 4. The molecule has 2 fully saturated rings. The Bertz CT molecular complexity index is 1300. The SMILES string of the molecule is O=C(O)C(F)(F)F.O=C(O)C(F)(F)F.O=C(O)C(F)(F)F.O=C(O)C(F)(F)F.c1cncc(COC2CC3CN(Cc4cccnc4)CCN3C2)c1. The van der Waals surface area contributed by atoms with Crippen molar-refractivity contribution in [2.45, 2.75) is 56.4 Å². The lowest BCUT2D eigenvalue weighted by atomic mass is 10.1. The van der Waals surface area contributed by atoms with Crippen LogP contribution in [0.3, 0.4) is 0 Å². The predicted octanol–water partition coefficient (Wildman–Crippen LogP) is 4.49. The van der Waals surface area contributed by atoms with Crippen molar-refractivity contribution in [1.29, 1.82) is 0 Å². The summed E-state index contributed by atoms with van der Waals surface area (Å²) in [6.07, 6.45) is -11.4. The Balaban J connectivity index is 0.000000764. The molecule has 4 N–H and O–H groups in total. The largest absolute Gasteiger partial charge is 0.490 e. The third-order valence-corrected chi connectivity index (χ3v) is 5.97. The Morgan fingerprint density at radius 3 is 1.38 bits per heavy atom. The smallest absolute Gasteiger partial charge is 0.475 e. The highest BCUT2D eigenvalue weighted by molar-refractivity contribution is 5.74. The van der Waals surface area contributed by atoms with Gasteiger partial charge in [-0.2, -0.15) is 52.7 Å². The predicted molar refractivity (Wildman–Crippen MR) is 147 cm³/mol. The molecule has 13 nitrogen and oxygen atoms in total. The Kier molecular flexibility index (Phi) is 19.0. The summed E-state index contributed by atoms with van der Waals surface area (Å²) in [5.41, 5.74) is 2.45. The van der Waals surface area contributed by atoms with Crippen LogP contribution in [0.15, 0.2) is 49.1 Å². The fourth-order valence-electron chi connectivity index (χ4n) is 3.77. The molecule has 2 aromatic rings. The molecule has 2 atom stereocenters. The van der Waals surface area contributed by atoms with E-state index in [1.807, 2.05) is 30.7 Å². The molecular weight excluding hydrogens is 752 g/mol. The summed E-state index contributed by atoms with van der Waals surface area (Å²) in [4.78, 5) is 49.1. The molecule has 0 saturated carbocycles. The van der Waals surface area contributed by atoms with E-state index in [9.17, 15) is 52.7 Å². The normalized spacial score (nSPS) is 17.5. The Morgan fingerprint density at radius 2 is 1.04 bits per heavy atom. The molecule has 294 valence electrons.